The molecule has 0 aliphatic rings. The maximum absolute atomic E-state index is 12.3. The average Bonchev–Trinajstić information content (AvgIpc) is 2.62. The summed E-state index contributed by atoms with van der Waals surface area (Å²) in [6.07, 6.45) is 2.12. The van der Waals surface area contributed by atoms with Crippen LogP contribution in [-0.4, -0.2) is 29.2 Å². The lowest BCUT2D eigenvalue weighted by molar-refractivity contribution is -0.116. The normalized spacial score (nSPS) is 10.5. The molecule has 0 atom stereocenters. The molecule has 1 aromatic carbocycles. The molecule has 1 aromatic heterocycles. The fraction of sp³-hybridized carbons (Fsp3) is 0.350. The number of amides is 1. The minimum atomic E-state index is -0.418. The zero-order chi connectivity index (χ0) is 19.8. The van der Waals surface area contributed by atoms with Gasteiger partial charge >= 0.3 is 5.97 Å². The predicted molar refractivity (Wildman–Crippen MR) is 102 cm³/mol. The van der Waals surface area contributed by atoms with E-state index in [4.69, 9.17) is 9.47 Å². The molecule has 1 amide bonds. The number of esters is 1. The Kier molecular flexibility index (Phi) is 7.16. The molecular formula is C20H24N2O5. The number of nitrogens with one attached hydrogen (secondary N) is 1. The van der Waals surface area contributed by atoms with E-state index in [-0.39, 0.29) is 29.9 Å². The fourth-order valence-electron chi connectivity index (χ4n) is 2.29. The van der Waals surface area contributed by atoms with Crippen LogP contribution in [0.1, 0.15) is 37.6 Å². The number of hydrogen-bond donors (Lipinski definition) is 1. The highest BCUT2D eigenvalue weighted by atomic mass is 16.5. The van der Waals surface area contributed by atoms with Gasteiger partial charge in [0.05, 0.1) is 18.3 Å². The molecule has 2 aromatic rings. The first-order valence-electron chi connectivity index (χ1n) is 8.84. The van der Waals surface area contributed by atoms with Crippen LogP contribution in [0.25, 0.3) is 0 Å². The molecule has 0 saturated carbocycles. The van der Waals surface area contributed by atoms with Gasteiger partial charge < -0.3 is 19.4 Å². The van der Waals surface area contributed by atoms with E-state index in [1.807, 2.05) is 6.92 Å². The van der Waals surface area contributed by atoms with Gasteiger partial charge in [0, 0.05) is 11.9 Å². The number of nitrogens with zero attached hydrogens (tertiary/aromatic N) is 1. The lowest BCUT2D eigenvalue weighted by atomic mass is 10.2. The fourth-order valence-corrected chi connectivity index (χ4v) is 2.29. The third-order valence-corrected chi connectivity index (χ3v) is 3.51. The quantitative estimate of drug-likeness (QED) is 0.720. The van der Waals surface area contributed by atoms with Gasteiger partial charge in [0.15, 0.2) is 5.75 Å². The number of carbonyl (C=O) groups is 2. The van der Waals surface area contributed by atoms with Crippen molar-refractivity contribution in [2.24, 2.45) is 0 Å². The summed E-state index contributed by atoms with van der Waals surface area (Å²) >= 11 is 0. The third kappa shape index (κ3) is 5.99. The van der Waals surface area contributed by atoms with Crippen molar-refractivity contribution in [1.82, 2.24) is 4.57 Å². The molecule has 1 N–H and O–H groups in total. The number of carbonyl (C=O) groups excluding carboxylic acids is 2. The highest BCUT2D eigenvalue weighted by Gasteiger charge is 2.11. The highest BCUT2D eigenvalue weighted by molar-refractivity contribution is 5.93. The molecule has 0 aliphatic carbocycles. The Morgan fingerprint density at radius 3 is 2.48 bits per heavy atom. The van der Waals surface area contributed by atoms with Crippen molar-refractivity contribution in [3.63, 3.8) is 0 Å². The summed E-state index contributed by atoms with van der Waals surface area (Å²) in [5.74, 6) is -0.555. The van der Waals surface area contributed by atoms with Crippen molar-refractivity contribution in [1.29, 1.82) is 0 Å². The summed E-state index contributed by atoms with van der Waals surface area (Å²) in [5, 5.41) is 2.70. The SMILES string of the molecule is CCCOc1cccn(CC(=O)Nc2ccc(C(=O)OC(C)C)cc2)c1=O. The Labute approximate surface area is 157 Å². The van der Waals surface area contributed by atoms with Gasteiger partial charge in [0.1, 0.15) is 6.54 Å². The molecule has 7 heteroatoms. The monoisotopic (exact) mass is 372 g/mol. The number of aromatic nitrogens is 1. The van der Waals surface area contributed by atoms with Crippen LogP contribution in [0.4, 0.5) is 5.69 Å². The van der Waals surface area contributed by atoms with E-state index in [2.05, 4.69) is 5.32 Å². The smallest absolute Gasteiger partial charge is 0.338 e. The van der Waals surface area contributed by atoms with Gasteiger partial charge in [0.25, 0.3) is 5.56 Å². The third-order valence-electron chi connectivity index (χ3n) is 3.51. The topological polar surface area (TPSA) is 86.6 Å². The molecular weight excluding hydrogens is 348 g/mol. The maximum Gasteiger partial charge on any atom is 0.338 e. The number of rotatable bonds is 8. The molecule has 1 heterocycles. The summed E-state index contributed by atoms with van der Waals surface area (Å²) in [5.41, 5.74) is 0.569. The van der Waals surface area contributed by atoms with Gasteiger partial charge in [-0.15, -0.1) is 0 Å². The van der Waals surface area contributed by atoms with Gasteiger partial charge in [-0.25, -0.2) is 4.79 Å². The van der Waals surface area contributed by atoms with Crippen molar-refractivity contribution in [2.45, 2.75) is 39.8 Å². The molecule has 27 heavy (non-hydrogen) atoms. The van der Waals surface area contributed by atoms with E-state index >= 15 is 0 Å². The Bertz CT molecular complexity index is 840. The van der Waals surface area contributed by atoms with Gasteiger partial charge in [-0.05, 0) is 56.7 Å². The number of hydrogen-bond acceptors (Lipinski definition) is 5. The molecule has 0 aliphatic heterocycles. The van der Waals surface area contributed by atoms with Crippen LogP contribution in [0.2, 0.25) is 0 Å². The summed E-state index contributed by atoms with van der Waals surface area (Å²) < 4.78 is 11.8. The largest absolute Gasteiger partial charge is 0.488 e. The molecule has 0 fully saturated rings. The Morgan fingerprint density at radius 1 is 1.15 bits per heavy atom. The minimum absolute atomic E-state index is 0.140. The van der Waals surface area contributed by atoms with Crippen LogP contribution in [0.3, 0.4) is 0 Å². The van der Waals surface area contributed by atoms with Crippen LogP contribution in [-0.2, 0) is 16.1 Å². The van der Waals surface area contributed by atoms with E-state index in [1.165, 1.54) is 10.8 Å². The van der Waals surface area contributed by atoms with Gasteiger partial charge in [0.2, 0.25) is 5.91 Å². The summed E-state index contributed by atoms with van der Waals surface area (Å²) in [4.78, 5) is 36.3. The summed E-state index contributed by atoms with van der Waals surface area (Å²) in [6.45, 7) is 5.80. The van der Waals surface area contributed by atoms with Crippen LogP contribution < -0.4 is 15.6 Å². The molecule has 0 spiro atoms. The predicted octanol–water partition coefficient (Wildman–Crippen LogP) is 2.84. The molecule has 0 unspecified atom stereocenters. The van der Waals surface area contributed by atoms with Gasteiger partial charge in [-0.3, -0.25) is 9.59 Å². The van der Waals surface area contributed by atoms with Crippen LogP contribution in [0.5, 0.6) is 5.75 Å². The van der Waals surface area contributed by atoms with Crippen LogP contribution in [0, 0.1) is 0 Å². The van der Waals surface area contributed by atoms with E-state index in [0.717, 1.165) is 6.42 Å². The van der Waals surface area contributed by atoms with E-state index in [9.17, 15) is 14.4 Å². The number of anilines is 1. The van der Waals surface area contributed by atoms with E-state index < -0.39 is 5.97 Å². The molecule has 0 saturated heterocycles. The standard InChI is InChI=1S/C20H24N2O5/c1-4-12-26-17-6-5-11-22(19(17)24)13-18(23)21-16-9-7-15(8-10-16)20(25)27-14(2)3/h5-11,14H,4,12-13H2,1-3H3,(H,21,23). The lowest BCUT2D eigenvalue weighted by Gasteiger charge is -2.10. The van der Waals surface area contributed by atoms with E-state index in [1.54, 1.807) is 50.2 Å². The number of ether oxygens (including phenoxy) is 2. The van der Waals surface area contributed by atoms with Crippen molar-refractivity contribution in [2.75, 3.05) is 11.9 Å². The zero-order valence-corrected chi connectivity index (χ0v) is 15.7. The summed E-state index contributed by atoms with van der Waals surface area (Å²) in [7, 11) is 0. The maximum atomic E-state index is 12.3. The Morgan fingerprint density at radius 2 is 1.85 bits per heavy atom. The second kappa shape index (κ2) is 9.56. The first kappa shape index (κ1) is 20.2. The van der Waals surface area contributed by atoms with Crippen LogP contribution >= 0.6 is 0 Å². The molecule has 144 valence electrons. The molecule has 0 bridgehead atoms. The minimum Gasteiger partial charge on any atom is -0.488 e. The molecule has 2 rings (SSSR count). The van der Waals surface area contributed by atoms with Crippen molar-refractivity contribution in [3.8, 4) is 5.75 Å². The van der Waals surface area contributed by atoms with Crippen molar-refractivity contribution >= 4 is 17.6 Å². The number of pyridine rings is 1. The molecule has 7 nitrogen and oxygen atoms in total. The second-order valence-electron chi connectivity index (χ2n) is 6.23. The Hall–Kier alpha value is -3.09. The van der Waals surface area contributed by atoms with E-state index in [0.29, 0.717) is 17.9 Å². The summed E-state index contributed by atoms with van der Waals surface area (Å²) in [6, 6.07) is 9.62. The first-order chi connectivity index (χ1) is 12.9. The van der Waals surface area contributed by atoms with Crippen molar-refractivity contribution in [3.05, 3.63) is 58.5 Å². The van der Waals surface area contributed by atoms with Gasteiger partial charge in [-0.1, -0.05) is 6.92 Å². The zero-order valence-electron chi connectivity index (χ0n) is 15.7. The first-order valence-corrected chi connectivity index (χ1v) is 8.84. The highest BCUT2D eigenvalue weighted by Crippen LogP contribution is 2.11. The van der Waals surface area contributed by atoms with Gasteiger partial charge in [-0.2, -0.15) is 0 Å². The van der Waals surface area contributed by atoms with Crippen LogP contribution in [0.15, 0.2) is 47.4 Å². The second-order valence-corrected chi connectivity index (χ2v) is 6.23. The molecule has 0 radical (unpaired) electrons. The lowest BCUT2D eigenvalue weighted by Crippen LogP contribution is -2.28. The number of benzene rings is 1. The average molecular weight is 372 g/mol. The Balaban J connectivity index is 2.00. The van der Waals surface area contributed by atoms with Crippen molar-refractivity contribution < 1.29 is 19.1 Å².